The standard InChI is InChI=1S/C15H16N2O5S/c16-23(21,22)11-3-1-2-10(7-11)17-14(18)12-8-4-5-9(6-8)13(12)15(19)20/h1-5,7-9,12-13H,6H2,(H,17,18)(H,19,20)(H2,16,21,22)/t8-,9+,12-,13+/m1/s1. The van der Waals surface area contributed by atoms with Crippen molar-refractivity contribution in [2.24, 2.45) is 28.8 Å². The monoisotopic (exact) mass is 336 g/mol. The second-order valence-corrected chi connectivity index (χ2v) is 7.46. The molecule has 1 aromatic carbocycles. The van der Waals surface area contributed by atoms with Crippen molar-refractivity contribution in [2.45, 2.75) is 11.3 Å². The zero-order valence-corrected chi connectivity index (χ0v) is 12.9. The Morgan fingerprint density at radius 1 is 1.17 bits per heavy atom. The Morgan fingerprint density at radius 2 is 1.83 bits per heavy atom. The van der Waals surface area contributed by atoms with E-state index >= 15 is 0 Å². The number of benzene rings is 1. The molecule has 2 bridgehead atoms. The lowest BCUT2D eigenvalue weighted by Crippen LogP contribution is -2.36. The van der Waals surface area contributed by atoms with Crippen LogP contribution in [0.25, 0.3) is 0 Å². The van der Waals surface area contributed by atoms with Crippen molar-refractivity contribution >= 4 is 27.6 Å². The molecule has 0 aliphatic heterocycles. The van der Waals surface area contributed by atoms with E-state index in [1.807, 2.05) is 12.2 Å². The molecule has 122 valence electrons. The van der Waals surface area contributed by atoms with Crippen LogP contribution in [-0.2, 0) is 19.6 Å². The Morgan fingerprint density at radius 3 is 2.43 bits per heavy atom. The van der Waals surface area contributed by atoms with Crippen LogP contribution < -0.4 is 10.5 Å². The molecule has 0 radical (unpaired) electrons. The molecule has 1 fully saturated rings. The number of aliphatic carboxylic acids is 1. The van der Waals surface area contributed by atoms with Gasteiger partial charge in [0.25, 0.3) is 0 Å². The molecule has 23 heavy (non-hydrogen) atoms. The van der Waals surface area contributed by atoms with Gasteiger partial charge in [0.15, 0.2) is 0 Å². The molecule has 0 unspecified atom stereocenters. The van der Waals surface area contributed by atoms with Gasteiger partial charge in [-0.25, -0.2) is 13.6 Å². The third-order valence-electron chi connectivity index (χ3n) is 4.48. The second kappa shape index (κ2) is 5.47. The van der Waals surface area contributed by atoms with Gasteiger partial charge < -0.3 is 10.4 Å². The van der Waals surface area contributed by atoms with Crippen LogP contribution in [-0.4, -0.2) is 25.4 Å². The highest BCUT2D eigenvalue weighted by molar-refractivity contribution is 7.89. The van der Waals surface area contributed by atoms with Gasteiger partial charge in [-0.3, -0.25) is 9.59 Å². The smallest absolute Gasteiger partial charge is 0.307 e. The molecule has 0 spiro atoms. The fraction of sp³-hybridized carbons (Fsp3) is 0.333. The van der Waals surface area contributed by atoms with Crippen molar-refractivity contribution in [1.82, 2.24) is 0 Å². The van der Waals surface area contributed by atoms with E-state index in [0.29, 0.717) is 6.42 Å². The van der Waals surface area contributed by atoms with E-state index in [0.717, 1.165) is 0 Å². The molecule has 7 nitrogen and oxygen atoms in total. The van der Waals surface area contributed by atoms with Crippen LogP contribution in [0.3, 0.4) is 0 Å². The number of anilines is 1. The first-order valence-electron chi connectivity index (χ1n) is 7.12. The molecule has 8 heteroatoms. The highest BCUT2D eigenvalue weighted by Gasteiger charge is 2.51. The summed E-state index contributed by atoms with van der Waals surface area (Å²) in [6, 6.07) is 5.58. The van der Waals surface area contributed by atoms with Crippen molar-refractivity contribution in [3.8, 4) is 0 Å². The van der Waals surface area contributed by atoms with Gasteiger partial charge in [-0.2, -0.15) is 0 Å². The number of carboxylic acids is 1. The maximum Gasteiger partial charge on any atom is 0.307 e. The minimum absolute atomic E-state index is 0.0949. The molecule has 4 atom stereocenters. The zero-order chi connectivity index (χ0) is 16.8. The maximum absolute atomic E-state index is 12.5. The number of hydrogen-bond acceptors (Lipinski definition) is 4. The minimum atomic E-state index is -3.87. The maximum atomic E-state index is 12.5. The lowest BCUT2D eigenvalue weighted by molar-refractivity contribution is -0.146. The molecule has 3 rings (SSSR count). The topological polar surface area (TPSA) is 127 Å². The van der Waals surface area contributed by atoms with Crippen molar-refractivity contribution in [3.63, 3.8) is 0 Å². The summed E-state index contributed by atoms with van der Waals surface area (Å²) in [5.74, 6) is -3.01. The first kappa shape index (κ1) is 15.7. The summed E-state index contributed by atoms with van der Waals surface area (Å²) in [5.41, 5.74) is 0.275. The molecule has 0 saturated heterocycles. The van der Waals surface area contributed by atoms with Crippen molar-refractivity contribution in [3.05, 3.63) is 36.4 Å². The Hall–Kier alpha value is -2.19. The van der Waals surface area contributed by atoms with E-state index in [1.54, 1.807) is 0 Å². The van der Waals surface area contributed by atoms with Gasteiger partial charge in [0, 0.05) is 5.69 Å². The first-order valence-corrected chi connectivity index (χ1v) is 8.67. The summed E-state index contributed by atoms with van der Waals surface area (Å²) < 4.78 is 22.7. The molecule has 2 aliphatic rings. The second-order valence-electron chi connectivity index (χ2n) is 5.90. The van der Waals surface area contributed by atoms with E-state index in [9.17, 15) is 23.1 Å². The van der Waals surface area contributed by atoms with Crippen LogP contribution in [0, 0.1) is 23.7 Å². The fourth-order valence-electron chi connectivity index (χ4n) is 3.49. The Bertz CT molecular complexity index is 802. The Balaban J connectivity index is 1.82. The normalized spacial score (nSPS) is 28.7. The number of carbonyl (C=O) groups is 2. The summed E-state index contributed by atoms with van der Waals surface area (Å²) in [7, 11) is -3.87. The number of amides is 1. The van der Waals surface area contributed by atoms with Crippen LogP contribution in [0.4, 0.5) is 5.69 Å². The predicted molar refractivity (Wildman–Crippen MR) is 81.8 cm³/mol. The van der Waals surface area contributed by atoms with Gasteiger partial charge in [-0.05, 0) is 36.5 Å². The molecule has 0 aromatic heterocycles. The lowest BCUT2D eigenvalue weighted by Gasteiger charge is -2.23. The van der Waals surface area contributed by atoms with Gasteiger partial charge >= 0.3 is 5.97 Å². The third-order valence-corrected chi connectivity index (χ3v) is 5.39. The highest BCUT2D eigenvalue weighted by Crippen LogP contribution is 2.48. The van der Waals surface area contributed by atoms with Gasteiger partial charge in [0.1, 0.15) is 0 Å². The summed E-state index contributed by atoms with van der Waals surface area (Å²) in [5, 5.41) is 17.0. The Kier molecular flexibility index (Phi) is 3.73. The van der Waals surface area contributed by atoms with Crippen LogP contribution in [0.5, 0.6) is 0 Å². The summed E-state index contributed by atoms with van der Waals surface area (Å²) >= 11 is 0. The van der Waals surface area contributed by atoms with Crippen molar-refractivity contribution in [2.75, 3.05) is 5.32 Å². The number of nitrogens with one attached hydrogen (secondary N) is 1. The minimum Gasteiger partial charge on any atom is -0.481 e. The number of sulfonamides is 1. The van der Waals surface area contributed by atoms with Gasteiger partial charge in [-0.1, -0.05) is 18.2 Å². The average Bonchev–Trinajstić information content (AvgIpc) is 3.07. The van der Waals surface area contributed by atoms with E-state index < -0.39 is 33.7 Å². The van der Waals surface area contributed by atoms with E-state index in [2.05, 4.69) is 5.32 Å². The van der Waals surface area contributed by atoms with E-state index in [1.165, 1.54) is 24.3 Å². The van der Waals surface area contributed by atoms with E-state index in [4.69, 9.17) is 5.14 Å². The molecule has 2 aliphatic carbocycles. The predicted octanol–water partition coefficient (Wildman–Crippen LogP) is 0.795. The quantitative estimate of drug-likeness (QED) is 0.701. The van der Waals surface area contributed by atoms with Crippen LogP contribution in [0.1, 0.15) is 6.42 Å². The molecular weight excluding hydrogens is 320 g/mol. The van der Waals surface area contributed by atoms with Crippen molar-refractivity contribution < 1.29 is 23.1 Å². The molecule has 1 aromatic rings. The third kappa shape index (κ3) is 2.87. The SMILES string of the molecule is NS(=O)(=O)c1cccc(NC(=O)[C@H]2[C@@H](C(=O)O)[C@H]3C=C[C@@H]2C3)c1. The largest absolute Gasteiger partial charge is 0.481 e. The lowest BCUT2D eigenvalue weighted by atomic mass is 9.82. The van der Waals surface area contributed by atoms with Gasteiger partial charge in [0.05, 0.1) is 16.7 Å². The number of fused-ring (bicyclic) bond motifs is 2. The molecule has 1 saturated carbocycles. The average molecular weight is 336 g/mol. The number of rotatable bonds is 4. The van der Waals surface area contributed by atoms with Crippen LogP contribution >= 0.6 is 0 Å². The Labute approximate surface area is 133 Å². The zero-order valence-electron chi connectivity index (χ0n) is 12.0. The number of carbonyl (C=O) groups excluding carboxylic acids is 1. The van der Waals surface area contributed by atoms with Crippen LogP contribution in [0.15, 0.2) is 41.3 Å². The number of hydrogen-bond donors (Lipinski definition) is 3. The number of nitrogens with two attached hydrogens (primary N) is 1. The first-order chi connectivity index (χ1) is 10.8. The molecule has 1 amide bonds. The summed E-state index contributed by atoms with van der Waals surface area (Å²) in [6.07, 6.45) is 4.40. The van der Waals surface area contributed by atoms with Crippen LogP contribution in [0.2, 0.25) is 0 Å². The molecular formula is C15H16N2O5S. The van der Waals surface area contributed by atoms with Gasteiger partial charge in [0.2, 0.25) is 15.9 Å². The fourth-order valence-corrected chi connectivity index (χ4v) is 4.05. The van der Waals surface area contributed by atoms with Gasteiger partial charge in [-0.15, -0.1) is 0 Å². The molecule has 4 N–H and O–H groups in total. The summed E-state index contributed by atoms with van der Waals surface area (Å²) in [4.78, 5) is 23.8. The number of primary sulfonamides is 1. The number of allylic oxidation sites excluding steroid dienone is 2. The highest BCUT2D eigenvalue weighted by atomic mass is 32.2. The van der Waals surface area contributed by atoms with Crippen molar-refractivity contribution in [1.29, 1.82) is 0 Å². The molecule has 0 heterocycles. The number of carboxylic acid groups (broad SMARTS) is 1. The summed E-state index contributed by atoms with van der Waals surface area (Å²) in [6.45, 7) is 0. The van der Waals surface area contributed by atoms with E-state index in [-0.39, 0.29) is 22.4 Å².